The van der Waals surface area contributed by atoms with Crippen molar-refractivity contribution >= 4 is 11.5 Å². The number of hydrogen-bond acceptors (Lipinski definition) is 5. The lowest BCUT2D eigenvalue weighted by molar-refractivity contribution is 0.100. The summed E-state index contributed by atoms with van der Waals surface area (Å²) in [4.78, 5) is 23.6. The fourth-order valence-corrected chi connectivity index (χ4v) is 1.83. The molecule has 0 bridgehead atoms. The van der Waals surface area contributed by atoms with Crippen molar-refractivity contribution in [2.75, 3.05) is 37.7 Å². The SMILES string of the molecule is O=NCC(=O)c1ccc(N2CCOCC2)cc1. The molecule has 0 spiro atoms. The second-order valence-corrected chi connectivity index (χ2v) is 3.86. The van der Waals surface area contributed by atoms with Crippen LogP contribution in [-0.2, 0) is 4.74 Å². The highest BCUT2D eigenvalue weighted by Gasteiger charge is 2.12. The molecule has 0 amide bonds. The molecule has 0 unspecified atom stereocenters. The zero-order valence-electron chi connectivity index (χ0n) is 9.46. The summed E-state index contributed by atoms with van der Waals surface area (Å²) < 4.78 is 5.27. The van der Waals surface area contributed by atoms with Gasteiger partial charge in [0.2, 0.25) is 0 Å². The third-order valence-corrected chi connectivity index (χ3v) is 2.77. The summed E-state index contributed by atoms with van der Waals surface area (Å²) in [5.41, 5.74) is 1.60. The molecule has 0 N–H and O–H groups in total. The molecule has 90 valence electrons. The van der Waals surface area contributed by atoms with Crippen molar-refractivity contribution in [2.24, 2.45) is 5.18 Å². The quantitative estimate of drug-likeness (QED) is 0.584. The Labute approximate surface area is 99.3 Å². The maximum absolute atomic E-state index is 11.4. The molecule has 1 saturated heterocycles. The number of nitroso groups, excluding NO2 is 1. The molecule has 0 aromatic heterocycles. The Kier molecular flexibility index (Phi) is 3.82. The standard InChI is InChI=1S/C12H14N2O3/c15-12(9-13-16)10-1-3-11(4-2-10)14-5-7-17-8-6-14/h1-4H,5-9H2. The highest BCUT2D eigenvalue weighted by Crippen LogP contribution is 2.16. The van der Waals surface area contributed by atoms with Crippen LogP contribution in [0.5, 0.6) is 0 Å². The van der Waals surface area contributed by atoms with Gasteiger partial charge >= 0.3 is 0 Å². The average molecular weight is 234 g/mol. The Bertz CT molecular complexity index is 397. The van der Waals surface area contributed by atoms with Gasteiger partial charge < -0.3 is 9.64 Å². The van der Waals surface area contributed by atoms with Gasteiger partial charge in [-0.15, -0.1) is 0 Å². The van der Waals surface area contributed by atoms with Gasteiger partial charge in [0, 0.05) is 24.3 Å². The molecule has 1 aliphatic heterocycles. The first-order valence-corrected chi connectivity index (χ1v) is 5.56. The van der Waals surface area contributed by atoms with Gasteiger partial charge in [0.25, 0.3) is 0 Å². The van der Waals surface area contributed by atoms with Crippen molar-refractivity contribution in [2.45, 2.75) is 0 Å². The molecule has 1 fully saturated rings. The van der Waals surface area contributed by atoms with E-state index >= 15 is 0 Å². The summed E-state index contributed by atoms with van der Waals surface area (Å²) in [6.45, 7) is 2.90. The third-order valence-electron chi connectivity index (χ3n) is 2.77. The molecule has 1 aliphatic rings. The number of ketones is 1. The van der Waals surface area contributed by atoms with Gasteiger partial charge in [-0.3, -0.25) is 4.79 Å². The first-order valence-electron chi connectivity index (χ1n) is 5.56. The predicted octanol–water partition coefficient (Wildman–Crippen LogP) is 1.47. The number of carbonyl (C=O) groups is 1. The van der Waals surface area contributed by atoms with Gasteiger partial charge in [-0.2, -0.15) is 4.91 Å². The largest absolute Gasteiger partial charge is 0.378 e. The highest BCUT2D eigenvalue weighted by molar-refractivity contribution is 5.97. The normalized spacial score (nSPS) is 15.6. The lowest BCUT2D eigenvalue weighted by atomic mass is 10.1. The number of morpholine rings is 1. The van der Waals surface area contributed by atoms with Gasteiger partial charge in [-0.1, -0.05) is 5.18 Å². The first-order chi connectivity index (χ1) is 8.31. The highest BCUT2D eigenvalue weighted by atomic mass is 16.5. The van der Waals surface area contributed by atoms with E-state index in [1.165, 1.54) is 0 Å². The molecular formula is C12H14N2O3. The fourth-order valence-electron chi connectivity index (χ4n) is 1.83. The zero-order valence-corrected chi connectivity index (χ0v) is 9.46. The van der Waals surface area contributed by atoms with Crippen LogP contribution in [0.4, 0.5) is 5.69 Å². The van der Waals surface area contributed by atoms with Crippen LogP contribution in [0.3, 0.4) is 0 Å². The van der Waals surface area contributed by atoms with E-state index in [-0.39, 0.29) is 12.3 Å². The smallest absolute Gasteiger partial charge is 0.187 e. The van der Waals surface area contributed by atoms with Crippen molar-refractivity contribution < 1.29 is 9.53 Å². The molecule has 1 aromatic rings. The number of carbonyl (C=O) groups excluding carboxylic acids is 1. The van der Waals surface area contributed by atoms with E-state index in [0.29, 0.717) is 5.56 Å². The van der Waals surface area contributed by atoms with E-state index in [0.717, 1.165) is 32.0 Å². The van der Waals surface area contributed by atoms with Crippen LogP contribution in [0.15, 0.2) is 29.4 Å². The Hall–Kier alpha value is -1.75. The number of Topliss-reactive ketones (excluding diaryl/α,β-unsaturated/α-hetero) is 1. The molecule has 17 heavy (non-hydrogen) atoms. The van der Waals surface area contributed by atoms with E-state index in [2.05, 4.69) is 10.1 Å². The number of benzene rings is 1. The minimum atomic E-state index is -0.295. The van der Waals surface area contributed by atoms with Gasteiger partial charge in [0.15, 0.2) is 5.78 Å². The summed E-state index contributed by atoms with van der Waals surface area (Å²) in [6.07, 6.45) is 0. The van der Waals surface area contributed by atoms with Gasteiger partial charge in [0.05, 0.1) is 13.2 Å². The molecule has 0 radical (unpaired) electrons. The number of ether oxygens (including phenoxy) is 1. The number of hydrogen-bond donors (Lipinski definition) is 0. The Morgan fingerprint density at radius 2 is 1.88 bits per heavy atom. The summed E-state index contributed by atoms with van der Waals surface area (Å²) in [6, 6.07) is 7.25. The molecule has 1 aromatic carbocycles. The molecule has 5 nitrogen and oxygen atoms in total. The van der Waals surface area contributed by atoms with Crippen LogP contribution in [-0.4, -0.2) is 38.6 Å². The molecule has 0 saturated carbocycles. The maximum Gasteiger partial charge on any atom is 0.187 e. The van der Waals surface area contributed by atoms with Crippen LogP contribution in [0.25, 0.3) is 0 Å². The van der Waals surface area contributed by atoms with Crippen molar-refractivity contribution in [3.8, 4) is 0 Å². The second-order valence-electron chi connectivity index (χ2n) is 3.86. The van der Waals surface area contributed by atoms with E-state index < -0.39 is 0 Å². The second kappa shape index (κ2) is 5.54. The summed E-state index contributed by atoms with van der Waals surface area (Å²) >= 11 is 0. The first kappa shape index (κ1) is 11.7. The lowest BCUT2D eigenvalue weighted by Gasteiger charge is -2.28. The Morgan fingerprint density at radius 1 is 1.24 bits per heavy atom. The summed E-state index contributed by atoms with van der Waals surface area (Å²) in [7, 11) is 0. The number of rotatable bonds is 4. The van der Waals surface area contributed by atoms with E-state index in [4.69, 9.17) is 4.74 Å². The van der Waals surface area contributed by atoms with E-state index in [1.54, 1.807) is 12.1 Å². The third kappa shape index (κ3) is 2.88. The molecule has 0 aliphatic carbocycles. The van der Waals surface area contributed by atoms with Gasteiger partial charge in [-0.25, -0.2) is 0 Å². The molecule has 5 heteroatoms. The van der Waals surface area contributed by atoms with Gasteiger partial charge in [0.1, 0.15) is 6.54 Å². The van der Waals surface area contributed by atoms with E-state index in [9.17, 15) is 9.70 Å². The maximum atomic E-state index is 11.4. The molecular weight excluding hydrogens is 220 g/mol. The van der Waals surface area contributed by atoms with Crippen LogP contribution in [0.1, 0.15) is 10.4 Å². The average Bonchev–Trinajstić information content (AvgIpc) is 2.40. The summed E-state index contributed by atoms with van der Waals surface area (Å²) in [5.74, 6) is -0.242. The van der Waals surface area contributed by atoms with Crippen molar-refractivity contribution in [3.05, 3.63) is 34.7 Å². The molecule has 2 rings (SSSR count). The van der Waals surface area contributed by atoms with Crippen LogP contribution in [0, 0.1) is 4.91 Å². The number of nitrogens with zero attached hydrogens (tertiary/aromatic N) is 2. The topological polar surface area (TPSA) is 59.0 Å². The minimum absolute atomic E-state index is 0.242. The molecule has 1 heterocycles. The predicted molar refractivity (Wildman–Crippen MR) is 64.5 cm³/mol. The van der Waals surface area contributed by atoms with Gasteiger partial charge in [-0.05, 0) is 24.3 Å². The Balaban J connectivity index is 2.06. The molecule has 0 atom stereocenters. The van der Waals surface area contributed by atoms with Crippen LogP contribution < -0.4 is 4.90 Å². The van der Waals surface area contributed by atoms with Crippen LogP contribution >= 0.6 is 0 Å². The van der Waals surface area contributed by atoms with Crippen molar-refractivity contribution in [1.29, 1.82) is 0 Å². The zero-order chi connectivity index (χ0) is 12.1. The number of anilines is 1. The fraction of sp³-hybridized carbons (Fsp3) is 0.417. The summed E-state index contributed by atoms with van der Waals surface area (Å²) in [5, 5.41) is 2.60. The minimum Gasteiger partial charge on any atom is -0.378 e. The lowest BCUT2D eigenvalue weighted by Crippen LogP contribution is -2.36. The van der Waals surface area contributed by atoms with E-state index in [1.807, 2.05) is 12.1 Å². The Morgan fingerprint density at radius 3 is 2.47 bits per heavy atom. The monoisotopic (exact) mass is 234 g/mol. The van der Waals surface area contributed by atoms with Crippen molar-refractivity contribution in [3.63, 3.8) is 0 Å². The van der Waals surface area contributed by atoms with Crippen molar-refractivity contribution in [1.82, 2.24) is 0 Å². The van der Waals surface area contributed by atoms with Crippen LogP contribution in [0.2, 0.25) is 0 Å².